The predicted molar refractivity (Wildman–Crippen MR) is 56.2 cm³/mol. The molecule has 2 N–H and O–H groups in total. The molecule has 0 fully saturated rings. The van der Waals surface area contributed by atoms with Crippen molar-refractivity contribution in [3.8, 4) is 0 Å². The Morgan fingerprint density at radius 1 is 1.29 bits per heavy atom. The number of carbonyl (C=O) groups is 1. The molecule has 0 rings (SSSR count). The standard InChI is InChI=1S/C11H22O3/c1-4-7-9(10(12)13)11(14,6-3)8-5-2/h9,14H,4-8H2,1-3H3,(H,12,13). The third kappa shape index (κ3) is 3.29. The summed E-state index contributed by atoms with van der Waals surface area (Å²) in [6.45, 7) is 5.75. The number of carboxylic acids is 1. The second kappa shape index (κ2) is 6.02. The van der Waals surface area contributed by atoms with Gasteiger partial charge in [0.15, 0.2) is 0 Å². The van der Waals surface area contributed by atoms with Crippen LogP contribution in [0.2, 0.25) is 0 Å². The molecule has 0 spiro atoms. The minimum atomic E-state index is -1.02. The second-order valence-electron chi connectivity index (χ2n) is 3.89. The number of hydrogen-bond acceptors (Lipinski definition) is 2. The molecule has 2 atom stereocenters. The lowest BCUT2D eigenvalue weighted by atomic mass is 9.79. The Balaban J connectivity index is 4.63. The zero-order valence-corrected chi connectivity index (χ0v) is 9.42. The molecule has 0 aromatic heterocycles. The van der Waals surface area contributed by atoms with Crippen LogP contribution in [-0.2, 0) is 4.79 Å². The molecular weight excluding hydrogens is 180 g/mol. The van der Waals surface area contributed by atoms with Gasteiger partial charge in [0.05, 0.1) is 11.5 Å². The summed E-state index contributed by atoms with van der Waals surface area (Å²) in [7, 11) is 0. The van der Waals surface area contributed by atoms with E-state index in [1.54, 1.807) is 0 Å². The van der Waals surface area contributed by atoms with Gasteiger partial charge in [-0.3, -0.25) is 4.79 Å². The molecule has 14 heavy (non-hydrogen) atoms. The number of carboxylic acid groups (broad SMARTS) is 1. The second-order valence-corrected chi connectivity index (χ2v) is 3.89. The topological polar surface area (TPSA) is 57.5 Å². The molecule has 0 aliphatic heterocycles. The highest BCUT2D eigenvalue weighted by Crippen LogP contribution is 2.30. The molecule has 3 heteroatoms. The molecule has 2 unspecified atom stereocenters. The molecule has 0 aliphatic carbocycles. The molecule has 0 bridgehead atoms. The molecule has 3 nitrogen and oxygen atoms in total. The summed E-state index contributed by atoms with van der Waals surface area (Å²) >= 11 is 0. The van der Waals surface area contributed by atoms with Gasteiger partial charge in [0, 0.05) is 0 Å². The molecule has 0 radical (unpaired) electrons. The summed E-state index contributed by atoms with van der Waals surface area (Å²) in [5.41, 5.74) is -1.02. The highest BCUT2D eigenvalue weighted by atomic mass is 16.4. The lowest BCUT2D eigenvalue weighted by Gasteiger charge is -2.32. The third-order valence-electron chi connectivity index (χ3n) is 2.82. The van der Waals surface area contributed by atoms with E-state index in [1.807, 2.05) is 20.8 Å². The first-order valence-corrected chi connectivity index (χ1v) is 5.47. The van der Waals surface area contributed by atoms with Gasteiger partial charge in [-0.25, -0.2) is 0 Å². The Labute approximate surface area is 86.1 Å². The van der Waals surface area contributed by atoms with E-state index in [2.05, 4.69) is 0 Å². The first-order chi connectivity index (χ1) is 6.51. The molecular formula is C11H22O3. The summed E-state index contributed by atoms with van der Waals surface area (Å²) in [5, 5.41) is 19.2. The highest BCUT2D eigenvalue weighted by Gasteiger charge is 2.38. The Hall–Kier alpha value is -0.570. The summed E-state index contributed by atoms with van der Waals surface area (Å²) in [5.74, 6) is -1.48. The van der Waals surface area contributed by atoms with E-state index in [1.165, 1.54) is 0 Å². The maximum atomic E-state index is 11.0. The molecule has 0 heterocycles. The fraction of sp³-hybridized carbons (Fsp3) is 0.909. The van der Waals surface area contributed by atoms with Crippen LogP contribution in [0.3, 0.4) is 0 Å². The summed E-state index contributed by atoms with van der Waals surface area (Å²) in [4.78, 5) is 11.0. The predicted octanol–water partition coefficient (Wildman–Crippen LogP) is 2.43. The van der Waals surface area contributed by atoms with Gasteiger partial charge >= 0.3 is 5.97 Å². The van der Waals surface area contributed by atoms with Crippen molar-refractivity contribution in [3.63, 3.8) is 0 Å². The smallest absolute Gasteiger partial charge is 0.309 e. The van der Waals surface area contributed by atoms with E-state index >= 15 is 0 Å². The van der Waals surface area contributed by atoms with Gasteiger partial charge in [-0.2, -0.15) is 0 Å². The largest absolute Gasteiger partial charge is 0.481 e. The monoisotopic (exact) mass is 202 g/mol. The first-order valence-electron chi connectivity index (χ1n) is 5.47. The third-order valence-corrected chi connectivity index (χ3v) is 2.82. The number of hydrogen-bond donors (Lipinski definition) is 2. The van der Waals surface area contributed by atoms with Crippen LogP contribution in [0, 0.1) is 5.92 Å². The Kier molecular flexibility index (Phi) is 5.77. The van der Waals surface area contributed by atoms with Gasteiger partial charge in [0.25, 0.3) is 0 Å². The summed E-state index contributed by atoms with van der Waals surface area (Å²) in [6, 6.07) is 0. The van der Waals surface area contributed by atoms with Crippen LogP contribution < -0.4 is 0 Å². The fourth-order valence-corrected chi connectivity index (χ4v) is 1.94. The van der Waals surface area contributed by atoms with Gasteiger partial charge in [0.2, 0.25) is 0 Å². The van der Waals surface area contributed by atoms with E-state index < -0.39 is 17.5 Å². The van der Waals surface area contributed by atoms with Crippen molar-refractivity contribution in [2.75, 3.05) is 0 Å². The van der Waals surface area contributed by atoms with Crippen LogP contribution in [0.1, 0.15) is 52.9 Å². The fourth-order valence-electron chi connectivity index (χ4n) is 1.94. The Morgan fingerprint density at radius 3 is 2.14 bits per heavy atom. The van der Waals surface area contributed by atoms with Crippen LogP contribution in [0.15, 0.2) is 0 Å². The molecule has 84 valence electrons. The van der Waals surface area contributed by atoms with Gasteiger partial charge in [-0.1, -0.05) is 33.6 Å². The van der Waals surface area contributed by atoms with Crippen LogP contribution in [0.25, 0.3) is 0 Å². The molecule has 0 aliphatic rings. The van der Waals surface area contributed by atoms with Crippen LogP contribution >= 0.6 is 0 Å². The molecule has 0 aromatic rings. The van der Waals surface area contributed by atoms with E-state index in [4.69, 9.17) is 5.11 Å². The van der Waals surface area contributed by atoms with Gasteiger partial charge in [0.1, 0.15) is 0 Å². The van der Waals surface area contributed by atoms with E-state index in [9.17, 15) is 9.90 Å². The zero-order valence-electron chi connectivity index (χ0n) is 9.42. The van der Waals surface area contributed by atoms with Crippen molar-refractivity contribution in [1.82, 2.24) is 0 Å². The summed E-state index contributed by atoms with van der Waals surface area (Å²) < 4.78 is 0. The van der Waals surface area contributed by atoms with Crippen molar-refractivity contribution in [1.29, 1.82) is 0 Å². The first kappa shape index (κ1) is 13.4. The maximum absolute atomic E-state index is 11.0. The molecule has 0 saturated heterocycles. The quantitative estimate of drug-likeness (QED) is 0.666. The van der Waals surface area contributed by atoms with Gasteiger partial charge in [-0.05, 0) is 19.3 Å². The maximum Gasteiger partial charge on any atom is 0.309 e. The van der Waals surface area contributed by atoms with Crippen LogP contribution in [0.4, 0.5) is 0 Å². The normalized spacial score (nSPS) is 17.4. The van der Waals surface area contributed by atoms with Crippen molar-refractivity contribution in [3.05, 3.63) is 0 Å². The Bertz CT molecular complexity index is 179. The van der Waals surface area contributed by atoms with E-state index in [0.717, 1.165) is 12.8 Å². The number of rotatable bonds is 7. The average molecular weight is 202 g/mol. The van der Waals surface area contributed by atoms with E-state index in [0.29, 0.717) is 19.3 Å². The lowest BCUT2D eigenvalue weighted by Crippen LogP contribution is -2.41. The van der Waals surface area contributed by atoms with Gasteiger partial charge < -0.3 is 10.2 Å². The van der Waals surface area contributed by atoms with Crippen molar-refractivity contribution < 1.29 is 15.0 Å². The van der Waals surface area contributed by atoms with Crippen molar-refractivity contribution in [2.24, 2.45) is 5.92 Å². The van der Waals surface area contributed by atoms with E-state index in [-0.39, 0.29) is 0 Å². The zero-order chi connectivity index (χ0) is 11.2. The Morgan fingerprint density at radius 2 is 1.86 bits per heavy atom. The summed E-state index contributed by atoms with van der Waals surface area (Å²) in [6.07, 6.45) is 3.25. The SMILES string of the molecule is CCCC(C(=O)O)C(O)(CC)CCC. The minimum Gasteiger partial charge on any atom is -0.481 e. The van der Waals surface area contributed by atoms with Crippen LogP contribution in [0.5, 0.6) is 0 Å². The molecule has 0 amide bonds. The molecule has 0 aromatic carbocycles. The van der Waals surface area contributed by atoms with Gasteiger partial charge in [-0.15, -0.1) is 0 Å². The van der Waals surface area contributed by atoms with Crippen LogP contribution in [-0.4, -0.2) is 21.8 Å². The highest BCUT2D eigenvalue weighted by molar-refractivity contribution is 5.71. The van der Waals surface area contributed by atoms with Crippen molar-refractivity contribution in [2.45, 2.75) is 58.5 Å². The number of aliphatic carboxylic acids is 1. The lowest BCUT2D eigenvalue weighted by molar-refractivity contribution is -0.153. The molecule has 0 saturated carbocycles. The average Bonchev–Trinajstić information content (AvgIpc) is 2.14. The van der Waals surface area contributed by atoms with Crippen molar-refractivity contribution >= 4 is 5.97 Å². The number of aliphatic hydroxyl groups is 1. The minimum absolute atomic E-state index is 0.512.